The minimum Gasteiger partial charge on any atom is -0.481 e. The molecule has 234 valence electrons. The number of nitrogens with zero attached hydrogens (tertiary/aromatic N) is 3. The summed E-state index contributed by atoms with van der Waals surface area (Å²) >= 11 is 0. The zero-order valence-corrected chi connectivity index (χ0v) is 26.6. The molecule has 0 aromatic rings. The lowest BCUT2D eigenvalue weighted by Crippen LogP contribution is -2.45. The summed E-state index contributed by atoms with van der Waals surface area (Å²) in [7, 11) is 3.47. The van der Waals surface area contributed by atoms with Crippen LogP contribution in [0.1, 0.15) is 137 Å². The first-order valence-electron chi connectivity index (χ1n) is 15.4. The fourth-order valence-electron chi connectivity index (χ4n) is 3.62. The van der Waals surface area contributed by atoms with Gasteiger partial charge in [-0.15, -0.1) is 0 Å². The molecule has 0 aromatic carbocycles. The molecule has 0 heterocycles. The molecule has 1 unspecified atom stereocenters. The molecule has 0 saturated carbocycles. The monoisotopic (exact) mass is 560 g/mol. The zero-order chi connectivity index (χ0) is 30.3. The van der Waals surface area contributed by atoms with Crippen molar-refractivity contribution < 1.29 is 19.8 Å². The number of carbonyl (C=O) groups is 2. The highest BCUT2D eigenvalue weighted by molar-refractivity contribution is 5.79. The third-order valence-electron chi connectivity index (χ3n) is 6.35. The molecule has 0 rings (SSSR count). The van der Waals surface area contributed by atoms with Gasteiger partial charge in [-0.05, 0) is 41.3 Å². The number of hydrogen-bond donors (Lipinski definition) is 4. The summed E-state index contributed by atoms with van der Waals surface area (Å²) < 4.78 is 0. The van der Waals surface area contributed by atoms with Gasteiger partial charge in [-0.25, -0.2) is 5.84 Å². The van der Waals surface area contributed by atoms with Gasteiger partial charge in [0.1, 0.15) is 6.04 Å². The molecule has 0 radical (unpaired) electrons. The minimum absolute atomic E-state index is 0.380. The molecule has 0 saturated heterocycles. The lowest BCUT2D eigenvalue weighted by atomic mass is 10.0. The molecule has 0 fully saturated rings. The first kappa shape index (κ1) is 41.6. The van der Waals surface area contributed by atoms with Crippen molar-refractivity contribution >= 4 is 17.9 Å². The van der Waals surface area contributed by atoms with Crippen LogP contribution >= 0.6 is 0 Å². The molecule has 0 amide bonds. The van der Waals surface area contributed by atoms with Gasteiger partial charge in [-0.3, -0.25) is 24.5 Å². The average Bonchev–Trinajstić information content (AvgIpc) is 2.88. The molecule has 0 spiro atoms. The summed E-state index contributed by atoms with van der Waals surface area (Å²) in [4.78, 5) is 25.3. The smallest absolute Gasteiger partial charge is 0.320 e. The van der Waals surface area contributed by atoms with Crippen LogP contribution in [0.15, 0.2) is 4.99 Å². The number of carboxylic acids is 2. The fourth-order valence-corrected chi connectivity index (χ4v) is 3.62. The van der Waals surface area contributed by atoms with Gasteiger partial charge in [-0.1, -0.05) is 103 Å². The Balaban J connectivity index is -0.000000892. The lowest BCUT2D eigenvalue weighted by Gasteiger charge is -2.19. The molecule has 0 aliphatic heterocycles. The highest BCUT2D eigenvalue weighted by atomic mass is 16.4. The van der Waals surface area contributed by atoms with E-state index in [0.717, 1.165) is 32.5 Å². The number of unbranched alkanes of at least 4 members (excludes halogenated alkanes) is 15. The van der Waals surface area contributed by atoms with Crippen molar-refractivity contribution in [2.24, 2.45) is 10.8 Å². The van der Waals surface area contributed by atoms with Crippen LogP contribution in [0.2, 0.25) is 0 Å². The molecule has 0 aliphatic rings. The quantitative estimate of drug-likeness (QED) is 0.0411. The summed E-state index contributed by atoms with van der Waals surface area (Å²) in [5.41, 5.74) is 0. The van der Waals surface area contributed by atoms with E-state index >= 15 is 0 Å². The molecule has 0 aromatic heterocycles. The van der Waals surface area contributed by atoms with Gasteiger partial charge >= 0.3 is 5.97 Å². The summed E-state index contributed by atoms with van der Waals surface area (Å²) in [6, 6.07) is -0.380. The molecule has 39 heavy (non-hydrogen) atoms. The van der Waals surface area contributed by atoms with Crippen molar-refractivity contribution in [1.82, 2.24) is 15.2 Å². The van der Waals surface area contributed by atoms with Gasteiger partial charge in [-0.2, -0.15) is 0 Å². The Morgan fingerprint density at radius 3 is 1.38 bits per heavy atom. The number of nitrogens with one attached hydrogen (secondary N) is 1. The van der Waals surface area contributed by atoms with E-state index in [1.54, 1.807) is 30.9 Å². The summed E-state index contributed by atoms with van der Waals surface area (Å²) in [6.07, 6.45) is 22.5. The van der Waals surface area contributed by atoms with E-state index in [1.165, 1.54) is 103 Å². The van der Waals surface area contributed by atoms with Gasteiger partial charge < -0.3 is 15.5 Å². The van der Waals surface area contributed by atoms with E-state index in [4.69, 9.17) is 20.9 Å². The Kier molecular flexibility index (Phi) is 34.5. The number of hydrogen-bond acceptors (Lipinski definition) is 5. The van der Waals surface area contributed by atoms with Crippen molar-refractivity contribution in [2.75, 3.05) is 33.7 Å². The first-order chi connectivity index (χ1) is 18.5. The number of aliphatic carboxylic acids is 2. The van der Waals surface area contributed by atoms with E-state index in [0.29, 0.717) is 0 Å². The highest BCUT2D eigenvalue weighted by Crippen LogP contribution is 2.13. The zero-order valence-electron chi connectivity index (χ0n) is 26.6. The van der Waals surface area contributed by atoms with Crippen LogP contribution < -0.4 is 11.2 Å². The number of hydrazine groups is 1. The minimum atomic E-state index is -0.833. The van der Waals surface area contributed by atoms with Gasteiger partial charge in [0.15, 0.2) is 0 Å². The maximum absolute atomic E-state index is 10.1. The highest BCUT2D eigenvalue weighted by Gasteiger charge is 2.11. The molecular formula is C30H65N5O4. The van der Waals surface area contributed by atoms with Crippen LogP contribution in [0.4, 0.5) is 0 Å². The van der Waals surface area contributed by atoms with Crippen molar-refractivity contribution in [3.8, 4) is 0 Å². The van der Waals surface area contributed by atoms with Gasteiger partial charge in [0.25, 0.3) is 5.97 Å². The number of aliphatic imine (C=N–C) groups is 1. The van der Waals surface area contributed by atoms with E-state index in [1.807, 2.05) is 6.92 Å². The van der Waals surface area contributed by atoms with Crippen LogP contribution in [-0.4, -0.2) is 77.8 Å². The Morgan fingerprint density at radius 1 is 0.769 bits per heavy atom. The summed E-state index contributed by atoms with van der Waals surface area (Å²) in [5.74, 6) is 5.13. The Labute approximate surface area is 241 Å². The largest absolute Gasteiger partial charge is 0.481 e. The maximum atomic E-state index is 10.1. The second-order valence-corrected chi connectivity index (χ2v) is 10.3. The van der Waals surface area contributed by atoms with E-state index in [9.17, 15) is 4.79 Å². The van der Waals surface area contributed by atoms with Crippen LogP contribution in [0.3, 0.4) is 0 Å². The van der Waals surface area contributed by atoms with Gasteiger partial charge in [0, 0.05) is 26.6 Å². The molecule has 1 atom stereocenters. The van der Waals surface area contributed by atoms with Crippen LogP contribution in [0.25, 0.3) is 0 Å². The Morgan fingerprint density at radius 2 is 1.13 bits per heavy atom. The number of nitrogens with two attached hydrogens (primary N) is 1. The van der Waals surface area contributed by atoms with Crippen molar-refractivity contribution in [3.05, 3.63) is 0 Å². The van der Waals surface area contributed by atoms with Gasteiger partial charge in [0.05, 0.1) is 0 Å². The topological polar surface area (TPSA) is 131 Å². The first-order valence-corrected chi connectivity index (χ1v) is 15.4. The lowest BCUT2D eigenvalue weighted by molar-refractivity contribution is -0.141. The van der Waals surface area contributed by atoms with Crippen molar-refractivity contribution in [1.29, 1.82) is 0 Å². The Hall–Kier alpha value is -1.87. The third kappa shape index (κ3) is 36.1. The average molecular weight is 560 g/mol. The number of likely N-dealkylation sites (N-methyl/N-ethyl adjacent to an activating group) is 1. The van der Waals surface area contributed by atoms with Crippen LogP contribution in [0.5, 0.6) is 0 Å². The molecule has 9 nitrogen and oxygen atoms in total. The van der Waals surface area contributed by atoms with Gasteiger partial charge in [0.2, 0.25) is 5.96 Å². The molecule has 9 heteroatoms. The predicted molar refractivity (Wildman–Crippen MR) is 166 cm³/mol. The predicted octanol–water partition coefficient (Wildman–Crippen LogP) is 6.52. The SMILES string of the molecule is CC(=O)O.CC(C(=O)O)N(C)C.CCCCCCCCCCCCCCCCCCN=C(NCC)N(N)CC. The molecular weight excluding hydrogens is 494 g/mol. The van der Waals surface area contributed by atoms with E-state index in [2.05, 4.69) is 24.2 Å². The van der Waals surface area contributed by atoms with E-state index in [-0.39, 0.29) is 6.04 Å². The van der Waals surface area contributed by atoms with Crippen molar-refractivity contribution in [2.45, 2.75) is 143 Å². The second kappa shape index (κ2) is 32.3. The molecule has 0 bridgehead atoms. The number of guanidine groups is 1. The molecule has 5 N–H and O–H groups in total. The fraction of sp³-hybridized carbons (Fsp3) is 0.900. The normalized spacial score (nSPS) is 11.7. The van der Waals surface area contributed by atoms with E-state index < -0.39 is 11.9 Å². The third-order valence-corrected chi connectivity index (χ3v) is 6.35. The second-order valence-electron chi connectivity index (χ2n) is 10.3. The summed E-state index contributed by atoms with van der Waals surface area (Å²) in [6.45, 7) is 11.7. The van der Waals surface area contributed by atoms with Crippen LogP contribution in [0, 0.1) is 0 Å². The summed E-state index contributed by atoms with van der Waals surface area (Å²) in [5, 5.41) is 20.7. The van der Waals surface area contributed by atoms with Crippen molar-refractivity contribution in [3.63, 3.8) is 0 Å². The maximum Gasteiger partial charge on any atom is 0.320 e. The number of carboxylic acid groups (broad SMARTS) is 2. The number of rotatable bonds is 21. The van der Waals surface area contributed by atoms with Crippen LogP contribution in [-0.2, 0) is 9.59 Å². The molecule has 0 aliphatic carbocycles. The standard InChI is InChI=1S/C23H50N4.C5H11NO2.C2H4O2/c1-4-7-8-9-10-11-12-13-14-15-16-17-18-19-20-21-22-26-23(25-5-2)27(24)6-3;1-4(5(7)8)6(2)3;1-2(3)4/h4-22,24H2,1-3H3,(H,25,26);4H,1-3H3,(H,7,8);1H3,(H,3,4). The Bertz CT molecular complexity index is 570.